The van der Waals surface area contributed by atoms with Crippen molar-refractivity contribution in [2.75, 3.05) is 19.8 Å². The third kappa shape index (κ3) is 4.33. The second-order valence-corrected chi connectivity index (χ2v) is 6.75. The molecule has 0 bridgehead atoms. The molecule has 2 aromatic rings. The van der Waals surface area contributed by atoms with Crippen molar-refractivity contribution in [2.45, 2.75) is 6.54 Å². The van der Waals surface area contributed by atoms with Crippen LogP contribution in [0.1, 0.15) is 5.56 Å². The zero-order chi connectivity index (χ0) is 16.2. The molecule has 2 rings (SSSR count). The van der Waals surface area contributed by atoms with Crippen molar-refractivity contribution < 1.29 is 13.2 Å². The number of sulfonamides is 1. The van der Waals surface area contributed by atoms with E-state index in [4.69, 9.17) is 0 Å². The van der Waals surface area contributed by atoms with Crippen LogP contribution in [0.2, 0.25) is 0 Å². The first-order valence-electron chi connectivity index (χ1n) is 6.34. The normalized spacial score (nSPS) is 11.6. The van der Waals surface area contributed by atoms with E-state index in [0.29, 0.717) is 5.82 Å². The Morgan fingerprint density at radius 2 is 2.18 bits per heavy atom. The first-order chi connectivity index (χ1) is 10.4. The Balaban J connectivity index is 1.88. The molecule has 2 aromatic heterocycles. The van der Waals surface area contributed by atoms with Crippen molar-refractivity contribution in [3.05, 3.63) is 36.5 Å². The SMILES string of the molecule is CN(CC(=O)NCc1ccc(-n2cncn2)nc1)S(C)(=O)=O. The molecule has 2 heterocycles. The van der Waals surface area contributed by atoms with Crippen LogP contribution in [0.3, 0.4) is 0 Å². The predicted octanol–water partition coefficient (Wildman–Crippen LogP) is -0.830. The molecule has 0 unspecified atom stereocenters. The lowest BCUT2D eigenvalue weighted by atomic mass is 10.3. The fraction of sp³-hybridized carbons (Fsp3) is 0.333. The van der Waals surface area contributed by atoms with E-state index < -0.39 is 10.0 Å². The van der Waals surface area contributed by atoms with Crippen molar-refractivity contribution in [1.82, 2.24) is 29.4 Å². The van der Waals surface area contributed by atoms with Crippen molar-refractivity contribution in [2.24, 2.45) is 0 Å². The van der Waals surface area contributed by atoms with Crippen molar-refractivity contribution in [1.29, 1.82) is 0 Å². The van der Waals surface area contributed by atoms with Crippen LogP contribution in [0.25, 0.3) is 5.82 Å². The summed E-state index contributed by atoms with van der Waals surface area (Å²) in [5, 5.41) is 6.59. The molecule has 22 heavy (non-hydrogen) atoms. The van der Waals surface area contributed by atoms with E-state index in [0.717, 1.165) is 16.1 Å². The van der Waals surface area contributed by atoms with Gasteiger partial charge in [0.15, 0.2) is 5.82 Å². The molecule has 9 nitrogen and oxygen atoms in total. The number of carbonyl (C=O) groups is 1. The van der Waals surface area contributed by atoms with Gasteiger partial charge in [-0.3, -0.25) is 4.79 Å². The summed E-state index contributed by atoms with van der Waals surface area (Å²) >= 11 is 0. The van der Waals surface area contributed by atoms with E-state index >= 15 is 0 Å². The highest BCUT2D eigenvalue weighted by molar-refractivity contribution is 7.88. The minimum absolute atomic E-state index is 0.219. The van der Waals surface area contributed by atoms with Gasteiger partial charge in [0.25, 0.3) is 0 Å². The van der Waals surface area contributed by atoms with Gasteiger partial charge in [0.05, 0.1) is 12.8 Å². The smallest absolute Gasteiger partial charge is 0.235 e. The Bertz CT molecular complexity index is 727. The van der Waals surface area contributed by atoms with E-state index in [1.54, 1.807) is 18.3 Å². The molecule has 118 valence electrons. The number of nitrogens with zero attached hydrogens (tertiary/aromatic N) is 5. The number of carbonyl (C=O) groups excluding carboxylic acids is 1. The maximum Gasteiger partial charge on any atom is 0.235 e. The first kappa shape index (κ1) is 16.0. The largest absolute Gasteiger partial charge is 0.351 e. The third-order valence-corrected chi connectivity index (χ3v) is 4.15. The molecule has 10 heteroatoms. The summed E-state index contributed by atoms with van der Waals surface area (Å²) in [6, 6.07) is 3.55. The van der Waals surface area contributed by atoms with Gasteiger partial charge in [0, 0.05) is 19.8 Å². The highest BCUT2D eigenvalue weighted by Crippen LogP contribution is 2.03. The maximum atomic E-state index is 11.7. The van der Waals surface area contributed by atoms with E-state index in [9.17, 15) is 13.2 Å². The molecule has 0 aliphatic heterocycles. The lowest BCUT2D eigenvalue weighted by Crippen LogP contribution is -2.37. The molecule has 1 N–H and O–H groups in total. The van der Waals surface area contributed by atoms with Gasteiger partial charge in [-0.05, 0) is 11.6 Å². The molecule has 0 aliphatic carbocycles. The molecule has 0 spiro atoms. The molecule has 0 atom stereocenters. The van der Waals surface area contributed by atoms with Gasteiger partial charge >= 0.3 is 0 Å². The number of aromatic nitrogens is 4. The summed E-state index contributed by atoms with van der Waals surface area (Å²) in [7, 11) is -2.02. The zero-order valence-electron chi connectivity index (χ0n) is 12.2. The van der Waals surface area contributed by atoms with Crippen LogP contribution in [0.5, 0.6) is 0 Å². The van der Waals surface area contributed by atoms with E-state index in [1.165, 1.54) is 24.4 Å². The molecule has 1 amide bonds. The van der Waals surface area contributed by atoms with Crippen molar-refractivity contribution in [3.63, 3.8) is 0 Å². The third-order valence-electron chi connectivity index (χ3n) is 2.88. The summed E-state index contributed by atoms with van der Waals surface area (Å²) in [5.74, 6) is 0.234. The first-order valence-corrected chi connectivity index (χ1v) is 8.19. The number of rotatable bonds is 6. The maximum absolute atomic E-state index is 11.7. The lowest BCUT2D eigenvalue weighted by Gasteiger charge is -2.13. The Labute approximate surface area is 128 Å². The predicted molar refractivity (Wildman–Crippen MR) is 78.5 cm³/mol. The number of hydrogen-bond acceptors (Lipinski definition) is 6. The molecular weight excluding hydrogens is 308 g/mol. The monoisotopic (exact) mass is 324 g/mol. The van der Waals surface area contributed by atoms with Crippen LogP contribution in [0.15, 0.2) is 31.0 Å². The van der Waals surface area contributed by atoms with Crippen LogP contribution in [0.4, 0.5) is 0 Å². The second-order valence-electron chi connectivity index (χ2n) is 4.66. The van der Waals surface area contributed by atoms with Crippen LogP contribution in [0, 0.1) is 0 Å². The average Bonchev–Trinajstić information content (AvgIpc) is 2.99. The number of nitrogens with one attached hydrogen (secondary N) is 1. The molecule has 0 radical (unpaired) electrons. The van der Waals surface area contributed by atoms with E-state index in [2.05, 4.69) is 20.4 Å². The topological polar surface area (TPSA) is 110 Å². The highest BCUT2D eigenvalue weighted by Gasteiger charge is 2.14. The fourth-order valence-electron chi connectivity index (χ4n) is 1.56. The summed E-state index contributed by atoms with van der Waals surface area (Å²) in [6.45, 7) is 0.0460. The highest BCUT2D eigenvalue weighted by atomic mass is 32.2. The van der Waals surface area contributed by atoms with Crippen molar-refractivity contribution >= 4 is 15.9 Å². The summed E-state index contributed by atoms with van der Waals surface area (Å²) in [5.41, 5.74) is 0.791. The minimum Gasteiger partial charge on any atom is -0.351 e. The second kappa shape index (κ2) is 6.62. The Hall–Kier alpha value is -2.33. The van der Waals surface area contributed by atoms with E-state index in [-0.39, 0.29) is 19.0 Å². The van der Waals surface area contributed by atoms with Crippen LogP contribution in [-0.4, -0.2) is 58.2 Å². The Morgan fingerprint density at radius 3 is 2.73 bits per heavy atom. The van der Waals surface area contributed by atoms with Gasteiger partial charge in [0.2, 0.25) is 15.9 Å². The van der Waals surface area contributed by atoms with Crippen LogP contribution >= 0.6 is 0 Å². The molecule has 0 saturated heterocycles. The summed E-state index contributed by atoms with van der Waals surface area (Å²) in [6.07, 6.45) is 5.60. The van der Waals surface area contributed by atoms with Gasteiger partial charge in [-0.15, -0.1) is 0 Å². The molecule has 0 fully saturated rings. The number of hydrogen-bond donors (Lipinski definition) is 1. The molecular formula is C12H16N6O3S. The van der Waals surface area contributed by atoms with Gasteiger partial charge in [-0.1, -0.05) is 6.07 Å². The fourth-order valence-corrected chi connectivity index (χ4v) is 1.91. The lowest BCUT2D eigenvalue weighted by molar-refractivity contribution is -0.121. The quantitative estimate of drug-likeness (QED) is 0.742. The minimum atomic E-state index is -3.37. The Kier molecular flexibility index (Phi) is 4.83. The molecule has 0 saturated carbocycles. The van der Waals surface area contributed by atoms with E-state index in [1.807, 2.05) is 0 Å². The van der Waals surface area contributed by atoms with Gasteiger partial charge in [0.1, 0.15) is 12.7 Å². The van der Waals surface area contributed by atoms with Crippen LogP contribution in [-0.2, 0) is 21.4 Å². The van der Waals surface area contributed by atoms with Gasteiger partial charge in [-0.2, -0.15) is 9.40 Å². The number of pyridine rings is 1. The number of amides is 1. The van der Waals surface area contributed by atoms with Gasteiger partial charge < -0.3 is 5.32 Å². The van der Waals surface area contributed by atoms with Crippen LogP contribution < -0.4 is 5.32 Å². The Morgan fingerprint density at radius 1 is 1.41 bits per heavy atom. The number of likely N-dealkylation sites (N-methyl/N-ethyl adjacent to an activating group) is 1. The van der Waals surface area contributed by atoms with Gasteiger partial charge in [-0.25, -0.2) is 23.1 Å². The summed E-state index contributed by atoms with van der Waals surface area (Å²) in [4.78, 5) is 19.7. The molecule has 0 aromatic carbocycles. The molecule has 0 aliphatic rings. The average molecular weight is 324 g/mol. The van der Waals surface area contributed by atoms with Crippen molar-refractivity contribution in [3.8, 4) is 5.82 Å². The zero-order valence-corrected chi connectivity index (χ0v) is 13.0. The summed E-state index contributed by atoms with van der Waals surface area (Å²) < 4.78 is 24.9. The standard InChI is InChI=1S/C12H16N6O3S/c1-17(22(2,20)21)7-12(19)15-6-10-3-4-11(14-5-10)18-9-13-8-16-18/h3-5,8-9H,6-7H2,1-2H3,(H,15,19).